The van der Waals surface area contributed by atoms with Crippen LogP contribution in [0.25, 0.3) is 0 Å². The minimum atomic E-state index is -0.406. The summed E-state index contributed by atoms with van der Waals surface area (Å²) in [7, 11) is 0. The molecule has 1 aromatic rings. The van der Waals surface area contributed by atoms with Crippen LogP contribution in [-0.2, 0) is 14.3 Å². The van der Waals surface area contributed by atoms with Gasteiger partial charge in [0.15, 0.2) is 0 Å². The van der Waals surface area contributed by atoms with E-state index in [-0.39, 0.29) is 5.97 Å². The molecule has 104 valence electrons. The van der Waals surface area contributed by atoms with Crippen LogP contribution in [0.15, 0.2) is 21.1 Å². The maximum Gasteiger partial charge on any atom is 0.313 e. The van der Waals surface area contributed by atoms with Gasteiger partial charge in [0.1, 0.15) is 5.75 Å². The zero-order chi connectivity index (χ0) is 14.6. The molecule has 0 saturated heterocycles. The van der Waals surface area contributed by atoms with Gasteiger partial charge in [-0.2, -0.15) is 0 Å². The molecular formula is C13H14Br2O4. The van der Waals surface area contributed by atoms with Gasteiger partial charge in [-0.25, -0.2) is 0 Å². The lowest BCUT2D eigenvalue weighted by atomic mass is 10.0. The van der Waals surface area contributed by atoms with Crippen molar-refractivity contribution in [3.05, 3.63) is 26.6 Å². The lowest BCUT2D eigenvalue weighted by molar-refractivity contribution is -0.144. The van der Waals surface area contributed by atoms with E-state index in [4.69, 9.17) is 9.47 Å². The van der Waals surface area contributed by atoms with Crippen LogP contribution >= 0.6 is 31.9 Å². The molecule has 0 saturated carbocycles. The summed E-state index contributed by atoms with van der Waals surface area (Å²) < 4.78 is 11.3. The first-order valence-electron chi connectivity index (χ1n) is 5.71. The van der Waals surface area contributed by atoms with Crippen molar-refractivity contribution < 1.29 is 19.1 Å². The average Bonchev–Trinajstić information content (AvgIpc) is 2.34. The maximum absolute atomic E-state index is 11.7. The lowest BCUT2D eigenvalue weighted by Crippen LogP contribution is -2.14. The van der Waals surface area contributed by atoms with Crippen molar-refractivity contribution in [2.45, 2.75) is 26.7 Å². The summed E-state index contributed by atoms with van der Waals surface area (Å²) in [6.07, 6.45) is 0. The largest absolute Gasteiger partial charge is 0.466 e. The molecule has 19 heavy (non-hydrogen) atoms. The number of hydrogen-bond acceptors (Lipinski definition) is 4. The van der Waals surface area contributed by atoms with Crippen molar-refractivity contribution in [1.29, 1.82) is 0 Å². The number of rotatable bonds is 4. The molecule has 0 fully saturated rings. The molecule has 1 unspecified atom stereocenters. The van der Waals surface area contributed by atoms with E-state index in [0.29, 0.717) is 21.3 Å². The Hall–Kier alpha value is -0.880. The van der Waals surface area contributed by atoms with Gasteiger partial charge in [-0.05, 0) is 57.3 Å². The molecule has 1 aromatic carbocycles. The smallest absolute Gasteiger partial charge is 0.313 e. The summed E-state index contributed by atoms with van der Waals surface area (Å²) in [4.78, 5) is 22.7. The summed E-state index contributed by atoms with van der Waals surface area (Å²) in [5.41, 5.74) is 0.765. The standard InChI is InChI=1S/C13H14Br2O4/c1-4-18-13(17)7(2)9-5-6-10(19-8(3)16)12(15)11(9)14/h5-7H,4H2,1-3H3. The molecule has 0 radical (unpaired) electrons. The van der Waals surface area contributed by atoms with Gasteiger partial charge in [0.05, 0.1) is 17.0 Å². The van der Waals surface area contributed by atoms with Gasteiger partial charge in [0.25, 0.3) is 0 Å². The number of esters is 2. The first kappa shape index (κ1) is 16.2. The van der Waals surface area contributed by atoms with E-state index in [2.05, 4.69) is 31.9 Å². The van der Waals surface area contributed by atoms with E-state index in [0.717, 1.165) is 5.56 Å². The van der Waals surface area contributed by atoms with Crippen molar-refractivity contribution in [2.75, 3.05) is 6.61 Å². The average molecular weight is 394 g/mol. The third kappa shape index (κ3) is 4.04. The molecule has 0 aromatic heterocycles. The maximum atomic E-state index is 11.7. The van der Waals surface area contributed by atoms with Gasteiger partial charge < -0.3 is 9.47 Å². The summed E-state index contributed by atoms with van der Waals surface area (Å²) in [6.45, 7) is 5.19. The molecule has 0 amide bonds. The quantitative estimate of drug-likeness (QED) is 0.576. The fraction of sp³-hybridized carbons (Fsp3) is 0.385. The predicted molar refractivity (Wildman–Crippen MR) is 78.2 cm³/mol. The second-order valence-corrected chi connectivity index (χ2v) is 5.43. The Labute approximate surface area is 128 Å². The van der Waals surface area contributed by atoms with Crippen LogP contribution in [0.3, 0.4) is 0 Å². The number of carbonyl (C=O) groups excluding carboxylic acids is 2. The molecule has 0 aliphatic carbocycles. The van der Waals surface area contributed by atoms with Crippen molar-refractivity contribution in [2.24, 2.45) is 0 Å². The van der Waals surface area contributed by atoms with Crippen LogP contribution in [-0.4, -0.2) is 18.5 Å². The monoisotopic (exact) mass is 392 g/mol. The Morgan fingerprint density at radius 2 is 1.89 bits per heavy atom. The first-order chi connectivity index (χ1) is 8.88. The molecule has 0 aliphatic heterocycles. The van der Waals surface area contributed by atoms with E-state index in [1.807, 2.05) is 0 Å². The summed E-state index contributed by atoms with van der Waals surface area (Å²) in [6, 6.07) is 3.37. The third-order valence-electron chi connectivity index (χ3n) is 2.44. The van der Waals surface area contributed by atoms with Crippen LogP contribution in [0.5, 0.6) is 5.75 Å². The van der Waals surface area contributed by atoms with E-state index >= 15 is 0 Å². The summed E-state index contributed by atoms with van der Waals surface area (Å²) in [5, 5.41) is 0. The van der Waals surface area contributed by atoms with E-state index in [1.54, 1.807) is 26.0 Å². The van der Waals surface area contributed by atoms with Crippen LogP contribution < -0.4 is 4.74 Å². The SMILES string of the molecule is CCOC(=O)C(C)c1ccc(OC(C)=O)c(Br)c1Br. The van der Waals surface area contributed by atoms with Crippen LogP contribution in [0.1, 0.15) is 32.3 Å². The Bertz CT molecular complexity index is 500. The molecule has 6 heteroatoms. The third-order valence-corrected chi connectivity index (χ3v) is 4.61. The van der Waals surface area contributed by atoms with Crippen molar-refractivity contribution in [3.8, 4) is 5.75 Å². The minimum absolute atomic E-state index is 0.296. The highest BCUT2D eigenvalue weighted by molar-refractivity contribution is 9.13. The Morgan fingerprint density at radius 1 is 1.26 bits per heavy atom. The zero-order valence-corrected chi connectivity index (χ0v) is 14.0. The Morgan fingerprint density at radius 3 is 2.42 bits per heavy atom. The van der Waals surface area contributed by atoms with Gasteiger partial charge in [-0.3, -0.25) is 9.59 Å². The van der Waals surface area contributed by atoms with Gasteiger partial charge in [-0.1, -0.05) is 6.07 Å². The van der Waals surface area contributed by atoms with Crippen LogP contribution in [0.4, 0.5) is 0 Å². The number of benzene rings is 1. The lowest BCUT2D eigenvalue weighted by Gasteiger charge is -2.15. The Kier molecular flexibility index (Phi) is 6.00. The van der Waals surface area contributed by atoms with E-state index < -0.39 is 11.9 Å². The minimum Gasteiger partial charge on any atom is -0.466 e. The van der Waals surface area contributed by atoms with Crippen molar-refractivity contribution in [3.63, 3.8) is 0 Å². The number of hydrogen-bond donors (Lipinski definition) is 0. The van der Waals surface area contributed by atoms with Crippen molar-refractivity contribution >= 4 is 43.8 Å². The molecule has 0 bridgehead atoms. The molecule has 1 rings (SSSR count). The highest BCUT2D eigenvalue weighted by Crippen LogP contribution is 2.38. The number of carbonyl (C=O) groups is 2. The molecule has 1 atom stereocenters. The molecular weight excluding hydrogens is 380 g/mol. The topological polar surface area (TPSA) is 52.6 Å². The van der Waals surface area contributed by atoms with Gasteiger partial charge in [-0.15, -0.1) is 0 Å². The van der Waals surface area contributed by atoms with E-state index in [9.17, 15) is 9.59 Å². The Balaban J connectivity index is 3.08. The number of ether oxygens (including phenoxy) is 2. The normalized spacial score (nSPS) is 11.8. The predicted octanol–water partition coefficient (Wildman–Crippen LogP) is 3.80. The fourth-order valence-corrected chi connectivity index (χ4v) is 2.62. The van der Waals surface area contributed by atoms with Crippen LogP contribution in [0.2, 0.25) is 0 Å². The first-order valence-corrected chi connectivity index (χ1v) is 7.30. The highest BCUT2D eigenvalue weighted by Gasteiger charge is 2.22. The van der Waals surface area contributed by atoms with Gasteiger partial charge in [0.2, 0.25) is 0 Å². The van der Waals surface area contributed by atoms with E-state index in [1.165, 1.54) is 6.92 Å². The second kappa shape index (κ2) is 7.05. The second-order valence-electron chi connectivity index (χ2n) is 3.85. The van der Waals surface area contributed by atoms with Crippen molar-refractivity contribution in [1.82, 2.24) is 0 Å². The summed E-state index contributed by atoms with van der Waals surface area (Å²) in [5.74, 6) is -0.703. The molecule has 0 spiro atoms. The van der Waals surface area contributed by atoms with Crippen LogP contribution in [0, 0.1) is 0 Å². The molecule has 4 nitrogen and oxygen atoms in total. The van der Waals surface area contributed by atoms with Gasteiger partial charge in [0, 0.05) is 11.4 Å². The van der Waals surface area contributed by atoms with Gasteiger partial charge >= 0.3 is 11.9 Å². The number of halogens is 2. The summed E-state index contributed by atoms with van der Waals surface area (Å²) >= 11 is 6.73. The molecule has 0 N–H and O–H groups in total. The molecule has 0 heterocycles. The highest BCUT2D eigenvalue weighted by atomic mass is 79.9. The molecule has 0 aliphatic rings. The fourth-order valence-electron chi connectivity index (χ4n) is 1.51. The zero-order valence-electron chi connectivity index (χ0n) is 10.8.